The highest BCUT2D eigenvalue weighted by Crippen LogP contribution is 2.74. The maximum Gasteiger partial charge on any atom is 0.233 e. The van der Waals surface area contributed by atoms with Crippen LogP contribution in [0.4, 0.5) is 4.39 Å². The van der Waals surface area contributed by atoms with E-state index < -0.39 is 9.05 Å². The molecule has 0 heterocycles. The summed E-state index contributed by atoms with van der Waals surface area (Å²) >= 11 is 0. The molecule has 0 spiro atoms. The van der Waals surface area contributed by atoms with Gasteiger partial charge in [-0.25, -0.2) is 12.8 Å². The van der Waals surface area contributed by atoms with E-state index in [0.717, 1.165) is 24.8 Å². The van der Waals surface area contributed by atoms with Crippen molar-refractivity contribution in [1.29, 1.82) is 0 Å². The summed E-state index contributed by atoms with van der Waals surface area (Å²) in [5, 5.41) is 0. The van der Waals surface area contributed by atoms with E-state index in [2.05, 4.69) is 0 Å². The molecule has 1 aromatic carbocycles. The first-order valence-corrected chi connectivity index (χ1v) is 8.52. The summed E-state index contributed by atoms with van der Waals surface area (Å²) in [5.74, 6) is -0.112. The van der Waals surface area contributed by atoms with Gasteiger partial charge in [-0.3, -0.25) is 0 Å². The molecular formula is C13H14ClFO3S. The van der Waals surface area contributed by atoms with Gasteiger partial charge >= 0.3 is 0 Å². The quantitative estimate of drug-likeness (QED) is 0.803. The Morgan fingerprint density at radius 2 is 2.00 bits per heavy atom. The van der Waals surface area contributed by atoms with Crippen molar-refractivity contribution in [2.45, 2.75) is 24.7 Å². The van der Waals surface area contributed by atoms with Crippen LogP contribution < -0.4 is 4.74 Å². The maximum absolute atomic E-state index is 13.7. The number of hydrogen-bond donors (Lipinski definition) is 0. The largest absolute Gasteiger partial charge is 0.494 e. The zero-order valence-electron chi connectivity index (χ0n) is 10.4. The Kier molecular flexibility index (Phi) is 2.68. The molecule has 0 N–H and O–H groups in total. The lowest BCUT2D eigenvalue weighted by atomic mass is 9.34. The fourth-order valence-electron chi connectivity index (χ4n) is 3.82. The highest BCUT2D eigenvalue weighted by Gasteiger charge is 2.69. The highest BCUT2D eigenvalue weighted by atomic mass is 35.7. The minimum Gasteiger partial charge on any atom is -0.494 e. The van der Waals surface area contributed by atoms with Crippen LogP contribution >= 0.6 is 10.7 Å². The van der Waals surface area contributed by atoms with Crippen molar-refractivity contribution in [3.63, 3.8) is 0 Å². The molecule has 3 aliphatic carbocycles. The molecule has 0 amide bonds. The van der Waals surface area contributed by atoms with Crippen LogP contribution in [0.1, 0.15) is 24.8 Å². The second-order valence-electron chi connectivity index (χ2n) is 5.84. The summed E-state index contributed by atoms with van der Waals surface area (Å²) in [5.41, 5.74) is 0.714. The van der Waals surface area contributed by atoms with Gasteiger partial charge in [0.25, 0.3) is 0 Å². The summed E-state index contributed by atoms with van der Waals surface area (Å²) in [4.78, 5) is 0. The van der Waals surface area contributed by atoms with Crippen molar-refractivity contribution in [1.82, 2.24) is 0 Å². The molecule has 1 aromatic rings. The van der Waals surface area contributed by atoms with Crippen molar-refractivity contribution < 1.29 is 17.5 Å². The molecule has 0 aliphatic heterocycles. The van der Waals surface area contributed by atoms with Gasteiger partial charge in [0.1, 0.15) is 0 Å². The molecule has 0 radical (unpaired) electrons. The highest BCUT2D eigenvalue weighted by molar-refractivity contribution is 8.13. The van der Waals surface area contributed by atoms with Crippen LogP contribution in [0.15, 0.2) is 18.2 Å². The molecule has 3 nitrogen and oxygen atoms in total. The molecule has 4 rings (SSSR count). The summed E-state index contributed by atoms with van der Waals surface area (Å²) in [6, 6.07) is 4.98. The van der Waals surface area contributed by atoms with Crippen LogP contribution in [0.5, 0.6) is 5.75 Å². The number of halogens is 2. The van der Waals surface area contributed by atoms with E-state index in [4.69, 9.17) is 15.4 Å². The second-order valence-corrected chi connectivity index (χ2v) is 8.62. The Hall–Kier alpha value is -0.810. The topological polar surface area (TPSA) is 43.4 Å². The first-order chi connectivity index (χ1) is 8.78. The Bertz CT molecular complexity index is 622. The van der Waals surface area contributed by atoms with Crippen LogP contribution in [0.3, 0.4) is 0 Å². The summed E-state index contributed by atoms with van der Waals surface area (Å²) in [7, 11) is 3.28. The third-order valence-corrected chi connectivity index (χ3v) is 5.67. The molecule has 2 bridgehead atoms. The molecule has 0 saturated heterocycles. The van der Waals surface area contributed by atoms with E-state index >= 15 is 0 Å². The van der Waals surface area contributed by atoms with Gasteiger partial charge in [-0.05, 0) is 47.8 Å². The Balaban J connectivity index is 1.77. The van der Waals surface area contributed by atoms with Crippen molar-refractivity contribution in [2.24, 2.45) is 5.41 Å². The number of benzene rings is 1. The molecule has 19 heavy (non-hydrogen) atoms. The van der Waals surface area contributed by atoms with Gasteiger partial charge in [-0.2, -0.15) is 0 Å². The molecular weight excluding hydrogens is 291 g/mol. The number of rotatable bonds is 4. The summed E-state index contributed by atoms with van der Waals surface area (Å²) in [6.45, 7) is 0. The van der Waals surface area contributed by atoms with Gasteiger partial charge in [-0.15, -0.1) is 0 Å². The van der Waals surface area contributed by atoms with Crippen molar-refractivity contribution in [3.8, 4) is 5.75 Å². The number of ether oxygens (including phenoxy) is 1. The van der Waals surface area contributed by atoms with Crippen molar-refractivity contribution in [2.75, 3.05) is 12.9 Å². The van der Waals surface area contributed by atoms with Crippen molar-refractivity contribution >= 4 is 19.7 Å². The SMILES string of the molecule is COc1ccc(C23CC(CS(=O)(=O)Cl)(C2)C3)cc1F. The molecule has 104 valence electrons. The Labute approximate surface area is 116 Å². The predicted octanol–water partition coefficient (Wildman–Crippen LogP) is 2.82. The Morgan fingerprint density at radius 3 is 2.47 bits per heavy atom. The first-order valence-electron chi connectivity index (χ1n) is 6.04. The monoisotopic (exact) mass is 304 g/mol. The van der Waals surface area contributed by atoms with Gasteiger partial charge in [0.15, 0.2) is 11.6 Å². The van der Waals surface area contributed by atoms with Crippen LogP contribution in [-0.4, -0.2) is 21.3 Å². The lowest BCUT2D eigenvalue weighted by molar-refractivity contribution is -0.122. The van der Waals surface area contributed by atoms with E-state index in [-0.39, 0.29) is 28.1 Å². The van der Waals surface area contributed by atoms with E-state index in [1.165, 1.54) is 13.2 Å². The molecule has 3 aliphatic rings. The van der Waals surface area contributed by atoms with E-state index in [1.807, 2.05) is 6.07 Å². The van der Waals surface area contributed by atoms with Crippen molar-refractivity contribution in [3.05, 3.63) is 29.6 Å². The third-order valence-electron chi connectivity index (χ3n) is 4.38. The van der Waals surface area contributed by atoms with Gasteiger partial charge in [-0.1, -0.05) is 6.07 Å². The fraction of sp³-hybridized carbons (Fsp3) is 0.538. The average molecular weight is 305 g/mol. The van der Waals surface area contributed by atoms with Gasteiger partial charge in [0.05, 0.1) is 12.9 Å². The molecule has 3 saturated carbocycles. The normalized spacial score (nSPS) is 32.4. The summed E-state index contributed by atoms with van der Waals surface area (Å²) in [6.07, 6.45) is 2.33. The smallest absolute Gasteiger partial charge is 0.233 e. The zero-order valence-corrected chi connectivity index (χ0v) is 12.0. The van der Waals surface area contributed by atoms with Gasteiger partial charge < -0.3 is 4.74 Å². The lowest BCUT2D eigenvalue weighted by Gasteiger charge is -2.71. The van der Waals surface area contributed by atoms with Crippen LogP contribution in [0.2, 0.25) is 0 Å². The molecule has 0 atom stereocenters. The Morgan fingerprint density at radius 1 is 1.37 bits per heavy atom. The standard InChI is InChI=1S/C13H14ClFO3S/c1-18-11-3-2-9(4-10(11)15)13-5-12(6-13,7-13)8-19(14,16)17/h2-4H,5-8H2,1H3. The number of hydrogen-bond acceptors (Lipinski definition) is 3. The van der Waals surface area contributed by atoms with Crippen LogP contribution in [-0.2, 0) is 14.5 Å². The maximum atomic E-state index is 13.7. The molecule has 0 unspecified atom stereocenters. The van der Waals surface area contributed by atoms with Crippen LogP contribution in [0.25, 0.3) is 0 Å². The van der Waals surface area contributed by atoms with E-state index in [1.54, 1.807) is 6.07 Å². The number of methoxy groups -OCH3 is 1. The minimum atomic E-state index is -3.45. The lowest BCUT2D eigenvalue weighted by Crippen LogP contribution is -2.66. The van der Waals surface area contributed by atoms with Gasteiger partial charge in [0.2, 0.25) is 9.05 Å². The summed E-state index contributed by atoms with van der Waals surface area (Å²) < 4.78 is 40.8. The minimum absolute atomic E-state index is 0.0297. The molecule has 6 heteroatoms. The fourth-order valence-corrected chi connectivity index (χ4v) is 5.55. The molecule has 0 aromatic heterocycles. The third kappa shape index (κ3) is 2.03. The molecule has 3 fully saturated rings. The predicted molar refractivity (Wildman–Crippen MR) is 70.6 cm³/mol. The van der Waals surface area contributed by atoms with E-state index in [9.17, 15) is 12.8 Å². The second kappa shape index (κ2) is 3.85. The first kappa shape index (κ1) is 13.2. The van der Waals surface area contributed by atoms with Gasteiger partial charge in [0, 0.05) is 10.7 Å². The zero-order chi connectivity index (χ0) is 13.9. The van der Waals surface area contributed by atoms with E-state index in [0.29, 0.717) is 0 Å². The average Bonchev–Trinajstić information content (AvgIpc) is 2.20. The van der Waals surface area contributed by atoms with Crippen LogP contribution in [0, 0.1) is 11.2 Å².